The molecule has 1 aliphatic rings. The second-order valence-corrected chi connectivity index (χ2v) is 6.08. The average molecular weight is 325 g/mol. The van der Waals surface area contributed by atoms with E-state index in [0.29, 0.717) is 17.2 Å². The summed E-state index contributed by atoms with van der Waals surface area (Å²) >= 11 is 0. The molecule has 1 saturated heterocycles. The van der Waals surface area contributed by atoms with E-state index < -0.39 is 4.92 Å². The Morgan fingerprint density at radius 3 is 2.71 bits per heavy atom. The number of Topliss-reactive ketones (excluding diaryl/α,β-unsaturated/α-hetero) is 1. The molecule has 24 heavy (non-hydrogen) atoms. The van der Waals surface area contributed by atoms with Crippen molar-refractivity contribution in [3.8, 4) is 0 Å². The van der Waals surface area contributed by atoms with Gasteiger partial charge in [0.25, 0.3) is 5.69 Å². The van der Waals surface area contributed by atoms with Crippen LogP contribution in [0.3, 0.4) is 0 Å². The van der Waals surface area contributed by atoms with Crippen molar-refractivity contribution in [1.29, 1.82) is 0 Å². The van der Waals surface area contributed by atoms with Crippen LogP contribution >= 0.6 is 0 Å². The summed E-state index contributed by atoms with van der Waals surface area (Å²) in [6.45, 7) is 2.92. The molecule has 0 saturated carbocycles. The number of piperidine rings is 1. The van der Waals surface area contributed by atoms with Gasteiger partial charge in [-0.25, -0.2) is 0 Å². The van der Waals surface area contributed by atoms with Gasteiger partial charge in [-0.3, -0.25) is 19.9 Å². The first-order valence-electron chi connectivity index (χ1n) is 8.00. The lowest BCUT2D eigenvalue weighted by molar-refractivity contribution is -0.384. The van der Waals surface area contributed by atoms with Crippen molar-refractivity contribution in [1.82, 2.24) is 4.98 Å². The van der Waals surface area contributed by atoms with Crippen LogP contribution in [0.5, 0.6) is 0 Å². The lowest BCUT2D eigenvalue weighted by Gasteiger charge is -2.34. The summed E-state index contributed by atoms with van der Waals surface area (Å²) in [5.74, 6) is 0.159. The van der Waals surface area contributed by atoms with Gasteiger partial charge in [0.05, 0.1) is 4.92 Å². The summed E-state index contributed by atoms with van der Waals surface area (Å²) in [4.78, 5) is 28.6. The van der Waals surface area contributed by atoms with Crippen molar-refractivity contribution in [3.05, 3.63) is 64.0 Å². The number of benzene rings is 1. The van der Waals surface area contributed by atoms with E-state index in [1.807, 2.05) is 12.1 Å². The average Bonchev–Trinajstić information content (AvgIpc) is 2.62. The molecule has 6 heteroatoms. The topological polar surface area (TPSA) is 76.3 Å². The molecule has 0 bridgehead atoms. The maximum atomic E-state index is 11.5. The summed E-state index contributed by atoms with van der Waals surface area (Å²) in [6.07, 6.45) is 5.58. The van der Waals surface area contributed by atoms with Gasteiger partial charge < -0.3 is 4.90 Å². The molecule has 1 aromatic carbocycles. The zero-order valence-corrected chi connectivity index (χ0v) is 13.5. The van der Waals surface area contributed by atoms with Crippen LogP contribution in [0, 0.1) is 10.1 Å². The van der Waals surface area contributed by atoms with Gasteiger partial charge >= 0.3 is 0 Å². The molecule has 2 aromatic rings. The van der Waals surface area contributed by atoms with Crippen LogP contribution in [-0.4, -0.2) is 28.8 Å². The van der Waals surface area contributed by atoms with Crippen LogP contribution in [0.25, 0.3) is 0 Å². The Bertz CT molecular complexity index is 761. The van der Waals surface area contributed by atoms with E-state index in [0.717, 1.165) is 25.9 Å². The molecule has 6 nitrogen and oxygen atoms in total. The fourth-order valence-electron chi connectivity index (χ4n) is 3.26. The smallest absolute Gasteiger partial charge is 0.293 e. The SMILES string of the molecule is CC(=O)c1ccc(N2CCCC(c3ccncc3)C2)c([N+](=O)[O-])c1. The van der Waals surface area contributed by atoms with Crippen LogP contribution in [0.2, 0.25) is 0 Å². The lowest BCUT2D eigenvalue weighted by atomic mass is 9.91. The highest BCUT2D eigenvalue weighted by molar-refractivity contribution is 5.95. The van der Waals surface area contributed by atoms with Gasteiger partial charge in [0.2, 0.25) is 0 Å². The van der Waals surface area contributed by atoms with Crippen molar-refractivity contribution in [2.24, 2.45) is 0 Å². The highest BCUT2D eigenvalue weighted by Crippen LogP contribution is 2.35. The first-order valence-corrected chi connectivity index (χ1v) is 8.00. The van der Waals surface area contributed by atoms with Gasteiger partial charge in [-0.15, -0.1) is 0 Å². The third-order valence-electron chi connectivity index (χ3n) is 4.52. The van der Waals surface area contributed by atoms with Crippen LogP contribution in [-0.2, 0) is 0 Å². The summed E-state index contributed by atoms with van der Waals surface area (Å²) < 4.78 is 0. The number of pyridine rings is 1. The predicted octanol–water partition coefficient (Wildman–Crippen LogP) is 3.58. The van der Waals surface area contributed by atoms with E-state index in [1.54, 1.807) is 24.5 Å². The maximum absolute atomic E-state index is 11.5. The van der Waals surface area contributed by atoms with Crippen LogP contribution < -0.4 is 4.90 Å². The molecule has 1 aromatic heterocycles. The Morgan fingerprint density at radius 2 is 2.04 bits per heavy atom. The van der Waals surface area contributed by atoms with E-state index in [2.05, 4.69) is 9.88 Å². The quantitative estimate of drug-likeness (QED) is 0.488. The van der Waals surface area contributed by atoms with E-state index in [9.17, 15) is 14.9 Å². The summed E-state index contributed by atoms with van der Waals surface area (Å²) in [5.41, 5.74) is 2.16. The van der Waals surface area contributed by atoms with Gasteiger partial charge in [-0.2, -0.15) is 0 Å². The number of carbonyl (C=O) groups excluding carboxylic acids is 1. The van der Waals surface area contributed by atoms with Gasteiger partial charge in [0.15, 0.2) is 5.78 Å². The van der Waals surface area contributed by atoms with Crippen LogP contribution in [0.4, 0.5) is 11.4 Å². The largest absolute Gasteiger partial charge is 0.365 e. The Balaban J connectivity index is 1.90. The van der Waals surface area contributed by atoms with E-state index in [1.165, 1.54) is 18.6 Å². The zero-order chi connectivity index (χ0) is 17.1. The lowest BCUT2D eigenvalue weighted by Crippen LogP contribution is -2.34. The van der Waals surface area contributed by atoms with E-state index in [-0.39, 0.29) is 11.5 Å². The molecule has 1 aliphatic heterocycles. The minimum absolute atomic E-state index is 0.00178. The molecular weight excluding hydrogens is 306 g/mol. The van der Waals surface area contributed by atoms with Crippen molar-refractivity contribution in [3.63, 3.8) is 0 Å². The predicted molar refractivity (Wildman–Crippen MR) is 91.5 cm³/mol. The number of nitro benzene ring substituents is 1. The monoisotopic (exact) mass is 325 g/mol. The van der Waals surface area contributed by atoms with Gasteiger partial charge in [0.1, 0.15) is 5.69 Å². The third kappa shape index (κ3) is 3.27. The second-order valence-electron chi connectivity index (χ2n) is 6.08. The van der Waals surface area contributed by atoms with Crippen molar-refractivity contribution >= 4 is 17.2 Å². The first-order chi connectivity index (χ1) is 11.6. The zero-order valence-electron chi connectivity index (χ0n) is 13.5. The number of aromatic nitrogens is 1. The van der Waals surface area contributed by atoms with Crippen LogP contribution in [0.1, 0.15) is 41.6 Å². The number of nitrogens with zero attached hydrogens (tertiary/aromatic N) is 3. The van der Waals surface area contributed by atoms with Crippen LogP contribution in [0.15, 0.2) is 42.7 Å². The second kappa shape index (κ2) is 6.78. The fourth-order valence-corrected chi connectivity index (χ4v) is 3.26. The molecule has 1 unspecified atom stereocenters. The fraction of sp³-hybridized carbons (Fsp3) is 0.333. The molecule has 0 spiro atoms. The Labute approximate surface area is 140 Å². The molecular formula is C18H19N3O3. The van der Waals surface area contributed by atoms with Gasteiger partial charge in [-0.1, -0.05) is 0 Å². The molecule has 124 valence electrons. The molecule has 1 atom stereocenters. The number of carbonyl (C=O) groups is 1. The number of rotatable bonds is 4. The molecule has 2 heterocycles. The number of anilines is 1. The van der Waals surface area contributed by atoms with Crippen molar-refractivity contribution < 1.29 is 9.72 Å². The highest BCUT2D eigenvalue weighted by Gasteiger charge is 2.27. The minimum atomic E-state index is -0.405. The highest BCUT2D eigenvalue weighted by atomic mass is 16.6. The first kappa shape index (κ1) is 16.1. The van der Waals surface area contributed by atoms with E-state index >= 15 is 0 Å². The van der Waals surface area contributed by atoms with Gasteiger partial charge in [-0.05, 0) is 49.6 Å². The van der Waals surface area contributed by atoms with Crippen molar-refractivity contribution in [2.75, 3.05) is 18.0 Å². The Kier molecular flexibility index (Phi) is 4.55. The third-order valence-corrected chi connectivity index (χ3v) is 4.52. The number of ketones is 1. The van der Waals surface area contributed by atoms with E-state index in [4.69, 9.17) is 0 Å². The molecule has 0 N–H and O–H groups in total. The summed E-state index contributed by atoms with van der Waals surface area (Å²) in [7, 11) is 0. The molecule has 0 amide bonds. The molecule has 0 radical (unpaired) electrons. The molecule has 0 aliphatic carbocycles. The maximum Gasteiger partial charge on any atom is 0.293 e. The van der Waals surface area contributed by atoms with Crippen molar-refractivity contribution in [2.45, 2.75) is 25.7 Å². The number of hydrogen-bond acceptors (Lipinski definition) is 5. The van der Waals surface area contributed by atoms with Gasteiger partial charge in [0, 0.05) is 43.0 Å². The Morgan fingerprint density at radius 1 is 1.29 bits per heavy atom. The molecule has 1 fully saturated rings. The Hall–Kier alpha value is -2.76. The number of hydrogen-bond donors (Lipinski definition) is 0. The summed E-state index contributed by atoms with van der Waals surface area (Å²) in [6, 6.07) is 8.75. The number of nitro groups is 1. The molecule has 3 rings (SSSR count). The summed E-state index contributed by atoms with van der Waals surface area (Å²) in [5, 5.41) is 11.5. The minimum Gasteiger partial charge on any atom is -0.365 e. The standard InChI is InChI=1S/C18H19N3O3/c1-13(22)15-4-5-17(18(11-15)21(23)24)20-10-2-3-16(12-20)14-6-8-19-9-7-14/h4-9,11,16H,2-3,10,12H2,1H3. The normalized spacial score (nSPS) is 17.5.